The predicted molar refractivity (Wildman–Crippen MR) is 78.1 cm³/mol. The molecule has 8 heteroatoms. The maximum Gasteiger partial charge on any atom is 0.573 e. The van der Waals surface area contributed by atoms with Gasteiger partial charge in [-0.05, 0) is 41.5 Å². The van der Waals surface area contributed by atoms with E-state index < -0.39 is 17.9 Å². The molecule has 0 fully saturated rings. The van der Waals surface area contributed by atoms with Crippen LogP contribution in [-0.2, 0) is 0 Å². The molecule has 0 aromatic heterocycles. The van der Waals surface area contributed by atoms with E-state index in [4.69, 9.17) is 22.1 Å². The van der Waals surface area contributed by atoms with E-state index in [0.717, 1.165) is 12.1 Å². The van der Waals surface area contributed by atoms with Gasteiger partial charge < -0.3 is 15.2 Å². The lowest BCUT2D eigenvalue weighted by Crippen LogP contribution is -2.18. The van der Waals surface area contributed by atoms with Gasteiger partial charge in [0.05, 0.1) is 0 Å². The molecule has 0 aliphatic rings. The number of benzene rings is 2. The molecule has 2 aromatic rings. The van der Waals surface area contributed by atoms with Crippen molar-refractivity contribution in [2.24, 2.45) is 5.73 Å². The SMILES string of the molecule is NCCOc1cc(-c2cc(F)cc(Cl)c2)ccc1OC(F)(F)F. The van der Waals surface area contributed by atoms with Crippen LogP contribution in [0.1, 0.15) is 0 Å². The highest BCUT2D eigenvalue weighted by Gasteiger charge is 2.32. The molecule has 0 radical (unpaired) electrons. The van der Waals surface area contributed by atoms with Gasteiger partial charge in [0, 0.05) is 11.6 Å². The molecule has 2 aromatic carbocycles. The summed E-state index contributed by atoms with van der Waals surface area (Å²) < 4.78 is 59.7. The first kappa shape index (κ1) is 17.4. The van der Waals surface area contributed by atoms with Crippen LogP contribution in [0.15, 0.2) is 36.4 Å². The molecule has 0 saturated carbocycles. The number of alkyl halides is 3. The summed E-state index contributed by atoms with van der Waals surface area (Å²) in [5, 5.41) is 0.167. The summed E-state index contributed by atoms with van der Waals surface area (Å²) >= 11 is 5.78. The number of rotatable bonds is 5. The van der Waals surface area contributed by atoms with Crippen molar-refractivity contribution in [3.8, 4) is 22.6 Å². The van der Waals surface area contributed by atoms with E-state index in [-0.39, 0.29) is 23.9 Å². The molecule has 2 N–H and O–H groups in total. The van der Waals surface area contributed by atoms with Crippen molar-refractivity contribution in [1.29, 1.82) is 0 Å². The molecule has 0 heterocycles. The van der Waals surface area contributed by atoms with Crippen LogP contribution in [0.2, 0.25) is 5.02 Å². The van der Waals surface area contributed by atoms with Crippen molar-refractivity contribution in [1.82, 2.24) is 0 Å². The highest BCUT2D eigenvalue weighted by molar-refractivity contribution is 6.30. The van der Waals surface area contributed by atoms with Gasteiger partial charge in [0.1, 0.15) is 12.4 Å². The lowest BCUT2D eigenvalue weighted by molar-refractivity contribution is -0.275. The molecule has 3 nitrogen and oxygen atoms in total. The number of hydrogen-bond donors (Lipinski definition) is 1. The minimum absolute atomic E-state index is 0.00156. The van der Waals surface area contributed by atoms with Crippen molar-refractivity contribution in [2.75, 3.05) is 13.2 Å². The van der Waals surface area contributed by atoms with Gasteiger partial charge in [-0.25, -0.2) is 4.39 Å². The van der Waals surface area contributed by atoms with Gasteiger partial charge in [0.15, 0.2) is 11.5 Å². The number of ether oxygens (including phenoxy) is 2. The van der Waals surface area contributed by atoms with E-state index in [1.54, 1.807) is 0 Å². The summed E-state index contributed by atoms with van der Waals surface area (Å²) in [6, 6.07) is 7.56. The van der Waals surface area contributed by atoms with Crippen molar-refractivity contribution in [3.05, 3.63) is 47.2 Å². The van der Waals surface area contributed by atoms with Crippen LogP contribution in [0.3, 0.4) is 0 Å². The summed E-state index contributed by atoms with van der Waals surface area (Å²) in [6.45, 7) is 0.114. The molecule has 0 atom stereocenters. The Balaban J connectivity index is 2.42. The number of nitrogens with two attached hydrogens (primary N) is 1. The van der Waals surface area contributed by atoms with Gasteiger partial charge in [-0.1, -0.05) is 17.7 Å². The van der Waals surface area contributed by atoms with Crippen molar-refractivity contribution >= 4 is 11.6 Å². The number of hydrogen-bond acceptors (Lipinski definition) is 3. The van der Waals surface area contributed by atoms with Gasteiger partial charge in [-0.2, -0.15) is 0 Å². The van der Waals surface area contributed by atoms with Crippen molar-refractivity contribution in [3.63, 3.8) is 0 Å². The Labute approximate surface area is 134 Å². The minimum atomic E-state index is -4.86. The van der Waals surface area contributed by atoms with Crippen LogP contribution in [0.5, 0.6) is 11.5 Å². The molecular formula is C15H12ClF4NO2. The molecule has 0 aliphatic carbocycles. The Bertz CT molecular complexity index is 671. The smallest absolute Gasteiger partial charge is 0.488 e. The fourth-order valence-corrected chi connectivity index (χ4v) is 2.12. The minimum Gasteiger partial charge on any atom is -0.488 e. The van der Waals surface area contributed by atoms with E-state index in [1.807, 2.05) is 0 Å². The second-order valence-electron chi connectivity index (χ2n) is 4.50. The van der Waals surface area contributed by atoms with Crippen LogP contribution in [0, 0.1) is 5.82 Å². The van der Waals surface area contributed by atoms with Gasteiger partial charge in [-0.15, -0.1) is 13.2 Å². The normalized spacial score (nSPS) is 11.4. The van der Waals surface area contributed by atoms with E-state index >= 15 is 0 Å². The molecule has 0 amide bonds. The van der Waals surface area contributed by atoms with E-state index in [9.17, 15) is 17.6 Å². The maximum absolute atomic E-state index is 13.4. The van der Waals surface area contributed by atoms with Gasteiger partial charge in [0.25, 0.3) is 0 Å². The van der Waals surface area contributed by atoms with Crippen LogP contribution >= 0.6 is 11.6 Å². The highest BCUT2D eigenvalue weighted by Crippen LogP contribution is 2.36. The molecule has 0 unspecified atom stereocenters. The van der Waals surface area contributed by atoms with Crippen LogP contribution in [0.25, 0.3) is 11.1 Å². The van der Waals surface area contributed by atoms with Crippen LogP contribution in [-0.4, -0.2) is 19.5 Å². The maximum atomic E-state index is 13.4. The first-order valence-electron chi connectivity index (χ1n) is 6.47. The standard InChI is InChI=1S/C15H12ClF4NO2/c16-11-5-10(6-12(17)8-11)9-1-2-13(23-15(18,19)20)14(7-9)22-4-3-21/h1-2,5-8H,3-4,21H2. The fraction of sp³-hybridized carbons (Fsp3) is 0.200. The Morgan fingerprint density at radius 3 is 2.35 bits per heavy atom. The highest BCUT2D eigenvalue weighted by atomic mass is 35.5. The largest absolute Gasteiger partial charge is 0.573 e. The summed E-state index contributed by atoms with van der Waals surface area (Å²) in [5.41, 5.74) is 6.11. The first-order chi connectivity index (χ1) is 10.8. The average Bonchev–Trinajstić information content (AvgIpc) is 2.43. The Kier molecular flexibility index (Phi) is 5.33. The second kappa shape index (κ2) is 7.06. The molecule has 2 rings (SSSR count). The third-order valence-electron chi connectivity index (χ3n) is 2.74. The first-order valence-corrected chi connectivity index (χ1v) is 6.85. The summed E-state index contributed by atoms with van der Waals surface area (Å²) in [6.07, 6.45) is -4.86. The van der Waals surface area contributed by atoms with E-state index in [0.29, 0.717) is 11.1 Å². The molecule has 124 valence electrons. The van der Waals surface area contributed by atoms with Gasteiger partial charge >= 0.3 is 6.36 Å². The second-order valence-corrected chi connectivity index (χ2v) is 4.94. The van der Waals surface area contributed by atoms with E-state index in [1.165, 1.54) is 24.3 Å². The number of halogens is 5. The molecule has 0 aliphatic heterocycles. The zero-order chi connectivity index (χ0) is 17.0. The van der Waals surface area contributed by atoms with Gasteiger partial charge in [-0.3, -0.25) is 0 Å². The van der Waals surface area contributed by atoms with Gasteiger partial charge in [0.2, 0.25) is 0 Å². The zero-order valence-corrected chi connectivity index (χ0v) is 12.4. The predicted octanol–water partition coefficient (Wildman–Crippen LogP) is 4.38. The topological polar surface area (TPSA) is 44.5 Å². The molecule has 0 spiro atoms. The Morgan fingerprint density at radius 2 is 1.74 bits per heavy atom. The van der Waals surface area contributed by atoms with Crippen molar-refractivity contribution in [2.45, 2.75) is 6.36 Å². The summed E-state index contributed by atoms with van der Waals surface area (Å²) in [7, 11) is 0. The summed E-state index contributed by atoms with van der Waals surface area (Å²) in [4.78, 5) is 0. The van der Waals surface area contributed by atoms with E-state index in [2.05, 4.69) is 4.74 Å². The molecular weight excluding hydrogens is 338 g/mol. The fourth-order valence-electron chi connectivity index (χ4n) is 1.90. The lowest BCUT2D eigenvalue weighted by Gasteiger charge is -2.15. The quantitative estimate of drug-likeness (QED) is 0.815. The molecule has 0 saturated heterocycles. The van der Waals surface area contributed by atoms with Crippen LogP contribution < -0.4 is 15.2 Å². The lowest BCUT2D eigenvalue weighted by atomic mass is 10.0. The Hall–Kier alpha value is -1.99. The monoisotopic (exact) mass is 349 g/mol. The third-order valence-corrected chi connectivity index (χ3v) is 2.96. The third kappa shape index (κ3) is 5.01. The zero-order valence-electron chi connectivity index (χ0n) is 11.7. The van der Waals surface area contributed by atoms with Crippen molar-refractivity contribution < 1.29 is 27.0 Å². The average molecular weight is 350 g/mol. The molecule has 23 heavy (non-hydrogen) atoms. The van der Waals surface area contributed by atoms with Crippen LogP contribution in [0.4, 0.5) is 17.6 Å². The summed E-state index contributed by atoms with van der Waals surface area (Å²) in [5.74, 6) is -1.21. The Morgan fingerprint density at radius 1 is 1.00 bits per heavy atom. The molecule has 0 bridgehead atoms.